The van der Waals surface area contributed by atoms with Gasteiger partial charge < -0.3 is 10.4 Å². The number of fused-ring (bicyclic) bond motifs is 2. The van der Waals surface area contributed by atoms with Gasteiger partial charge in [0.2, 0.25) is 0 Å². The van der Waals surface area contributed by atoms with Gasteiger partial charge in [-0.2, -0.15) is 0 Å². The Balaban J connectivity index is 1.60. The molecule has 4 rings (SSSR count). The topological polar surface area (TPSA) is 32.3 Å². The highest BCUT2D eigenvalue weighted by molar-refractivity contribution is 5.44. The summed E-state index contributed by atoms with van der Waals surface area (Å²) in [5, 5.41) is 13.7. The second-order valence-corrected chi connectivity index (χ2v) is 5.89. The molecule has 0 saturated heterocycles. The fraction of sp³-hybridized carbons (Fsp3) is 0.333. The normalized spacial score (nSPS) is 23.6. The summed E-state index contributed by atoms with van der Waals surface area (Å²) in [4.78, 5) is 0. The number of nitrogens with one attached hydrogen (secondary N) is 1. The molecule has 2 nitrogen and oxygen atoms in total. The van der Waals surface area contributed by atoms with Crippen molar-refractivity contribution in [3.05, 3.63) is 64.7 Å². The van der Waals surface area contributed by atoms with E-state index in [1.165, 1.54) is 29.5 Å². The quantitative estimate of drug-likeness (QED) is 0.868. The zero-order chi connectivity index (χ0) is 13.5. The highest BCUT2D eigenvalue weighted by Gasteiger charge is 2.29. The maximum Gasteiger partial charge on any atom is 0.119 e. The van der Waals surface area contributed by atoms with Gasteiger partial charge >= 0.3 is 0 Å². The molecule has 2 N–H and O–H groups in total. The maximum atomic E-state index is 9.94. The van der Waals surface area contributed by atoms with Crippen LogP contribution in [0.15, 0.2) is 42.5 Å². The molecule has 0 bridgehead atoms. The number of aryl methyl sites for hydroxylation is 1. The van der Waals surface area contributed by atoms with Crippen LogP contribution in [0.3, 0.4) is 0 Å². The van der Waals surface area contributed by atoms with Crippen molar-refractivity contribution < 1.29 is 5.11 Å². The average molecular weight is 265 g/mol. The van der Waals surface area contributed by atoms with Crippen LogP contribution in [-0.4, -0.2) is 5.11 Å². The molecule has 2 aromatic rings. The molecule has 0 aliphatic heterocycles. The van der Waals surface area contributed by atoms with Crippen molar-refractivity contribution in [3.8, 4) is 5.75 Å². The van der Waals surface area contributed by atoms with Crippen LogP contribution in [0.1, 0.15) is 47.2 Å². The van der Waals surface area contributed by atoms with Crippen LogP contribution in [0.25, 0.3) is 0 Å². The highest BCUT2D eigenvalue weighted by atomic mass is 16.3. The van der Waals surface area contributed by atoms with Gasteiger partial charge in [-0.05, 0) is 54.0 Å². The fourth-order valence-electron chi connectivity index (χ4n) is 3.78. The van der Waals surface area contributed by atoms with Gasteiger partial charge in [0.25, 0.3) is 0 Å². The van der Waals surface area contributed by atoms with Crippen LogP contribution in [0, 0.1) is 0 Å². The number of hydrogen-bond donors (Lipinski definition) is 2. The van der Waals surface area contributed by atoms with Gasteiger partial charge in [0.05, 0.1) is 0 Å². The summed E-state index contributed by atoms with van der Waals surface area (Å²) in [5.74, 6) is 0.457. The summed E-state index contributed by atoms with van der Waals surface area (Å²) in [6, 6.07) is 15.5. The number of rotatable bonds is 2. The van der Waals surface area contributed by atoms with E-state index in [1.54, 1.807) is 6.07 Å². The number of phenolic OH excluding ortho intramolecular Hbond substituents is 1. The maximum absolute atomic E-state index is 9.94. The van der Waals surface area contributed by atoms with Gasteiger partial charge in [-0.15, -0.1) is 0 Å². The second kappa shape index (κ2) is 4.64. The molecule has 2 heteroatoms. The Kier molecular flexibility index (Phi) is 2.78. The van der Waals surface area contributed by atoms with Gasteiger partial charge in [0, 0.05) is 12.1 Å². The number of aromatic hydroxyl groups is 1. The monoisotopic (exact) mass is 265 g/mol. The molecule has 2 aliphatic rings. The summed E-state index contributed by atoms with van der Waals surface area (Å²) in [5.41, 5.74) is 5.37. The molecule has 2 unspecified atom stereocenters. The van der Waals surface area contributed by atoms with E-state index in [0.29, 0.717) is 17.8 Å². The molecule has 0 radical (unpaired) electrons. The van der Waals surface area contributed by atoms with E-state index in [4.69, 9.17) is 0 Å². The minimum atomic E-state index is 0.383. The Morgan fingerprint density at radius 1 is 0.850 bits per heavy atom. The number of benzene rings is 2. The van der Waals surface area contributed by atoms with E-state index in [9.17, 15) is 5.11 Å². The molecule has 2 atom stereocenters. The van der Waals surface area contributed by atoms with Crippen molar-refractivity contribution in [3.63, 3.8) is 0 Å². The van der Waals surface area contributed by atoms with E-state index in [2.05, 4.69) is 35.6 Å². The third-order valence-electron chi connectivity index (χ3n) is 4.78. The molecular formula is C18H19NO. The van der Waals surface area contributed by atoms with Gasteiger partial charge in [0.15, 0.2) is 0 Å². The predicted molar refractivity (Wildman–Crippen MR) is 79.8 cm³/mol. The minimum absolute atomic E-state index is 0.383. The molecule has 0 saturated carbocycles. The van der Waals surface area contributed by atoms with Crippen LogP contribution >= 0.6 is 0 Å². The minimum Gasteiger partial charge on any atom is -0.508 e. The summed E-state index contributed by atoms with van der Waals surface area (Å²) >= 11 is 0. The van der Waals surface area contributed by atoms with Crippen LogP contribution in [0.2, 0.25) is 0 Å². The Labute approximate surface area is 119 Å². The SMILES string of the molecule is Oc1cccc2c1CCC2NC1CCc2ccccc21. The second-order valence-electron chi connectivity index (χ2n) is 5.89. The Morgan fingerprint density at radius 3 is 2.55 bits per heavy atom. The zero-order valence-corrected chi connectivity index (χ0v) is 11.5. The first-order valence-corrected chi connectivity index (χ1v) is 7.47. The Hall–Kier alpha value is -1.80. The molecule has 2 aromatic carbocycles. The van der Waals surface area contributed by atoms with Crippen molar-refractivity contribution in [2.24, 2.45) is 0 Å². The standard InChI is InChI=1S/C18H19NO/c20-18-7-3-6-14-15(18)9-11-17(14)19-16-10-8-12-4-1-2-5-13(12)16/h1-7,16-17,19-20H,8-11H2. The number of hydrogen-bond acceptors (Lipinski definition) is 2. The molecule has 0 heterocycles. The van der Waals surface area contributed by atoms with Gasteiger partial charge in [0.1, 0.15) is 5.75 Å². The molecular weight excluding hydrogens is 246 g/mol. The first-order chi connectivity index (χ1) is 9.83. The van der Waals surface area contributed by atoms with Crippen molar-refractivity contribution in [2.45, 2.75) is 37.8 Å². The summed E-state index contributed by atoms with van der Waals surface area (Å²) in [6.07, 6.45) is 4.43. The third kappa shape index (κ3) is 1.83. The lowest BCUT2D eigenvalue weighted by Crippen LogP contribution is -2.23. The first kappa shape index (κ1) is 12.0. The van der Waals surface area contributed by atoms with Gasteiger partial charge in [-0.25, -0.2) is 0 Å². The predicted octanol–water partition coefficient (Wildman–Crippen LogP) is 3.66. The molecule has 0 aromatic heterocycles. The first-order valence-electron chi connectivity index (χ1n) is 7.47. The van der Waals surface area contributed by atoms with E-state index in [0.717, 1.165) is 18.4 Å². The van der Waals surface area contributed by atoms with E-state index < -0.39 is 0 Å². The van der Waals surface area contributed by atoms with Crippen LogP contribution in [0.5, 0.6) is 5.75 Å². The summed E-state index contributed by atoms with van der Waals surface area (Å²) < 4.78 is 0. The van der Waals surface area contributed by atoms with Crippen molar-refractivity contribution in [1.82, 2.24) is 5.32 Å². The smallest absolute Gasteiger partial charge is 0.119 e. The lowest BCUT2D eigenvalue weighted by Gasteiger charge is -2.21. The van der Waals surface area contributed by atoms with Crippen molar-refractivity contribution in [1.29, 1.82) is 0 Å². The van der Waals surface area contributed by atoms with E-state index >= 15 is 0 Å². The molecule has 2 aliphatic carbocycles. The zero-order valence-electron chi connectivity index (χ0n) is 11.5. The molecule has 0 spiro atoms. The lowest BCUT2D eigenvalue weighted by atomic mass is 10.0. The van der Waals surface area contributed by atoms with Crippen molar-refractivity contribution in [2.75, 3.05) is 0 Å². The van der Waals surface area contributed by atoms with Crippen molar-refractivity contribution >= 4 is 0 Å². The largest absolute Gasteiger partial charge is 0.508 e. The highest BCUT2D eigenvalue weighted by Crippen LogP contribution is 2.40. The van der Waals surface area contributed by atoms with Crippen LogP contribution in [-0.2, 0) is 12.8 Å². The molecule has 20 heavy (non-hydrogen) atoms. The summed E-state index contributed by atoms with van der Waals surface area (Å²) in [7, 11) is 0. The molecule has 0 amide bonds. The lowest BCUT2D eigenvalue weighted by molar-refractivity contribution is 0.440. The fourth-order valence-corrected chi connectivity index (χ4v) is 3.78. The van der Waals surface area contributed by atoms with Crippen LogP contribution < -0.4 is 5.32 Å². The average Bonchev–Trinajstić information content (AvgIpc) is 3.06. The van der Waals surface area contributed by atoms with E-state index in [-0.39, 0.29) is 0 Å². The Morgan fingerprint density at radius 2 is 1.60 bits per heavy atom. The van der Waals surface area contributed by atoms with Crippen LogP contribution in [0.4, 0.5) is 0 Å². The molecule has 102 valence electrons. The third-order valence-corrected chi connectivity index (χ3v) is 4.78. The van der Waals surface area contributed by atoms with Gasteiger partial charge in [-0.1, -0.05) is 36.4 Å². The number of phenols is 1. The Bertz CT molecular complexity index is 650. The summed E-state index contributed by atoms with van der Waals surface area (Å²) in [6.45, 7) is 0. The van der Waals surface area contributed by atoms with E-state index in [1.807, 2.05) is 6.07 Å². The molecule has 0 fully saturated rings. The van der Waals surface area contributed by atoms with Gasteiger partial charge in [-0.3, -0.25) is 0 Å².